The van der Waals surface area contributed by atoms with Crippen LogP contribution in [0.1, 0.15) is 44.6 Å². The Morgan fingerprint density at radius 3 is 2.93 bits per heavy atom. The Labute approximate surface area is 161 Å². The molecule has 1 saturated heterocycles. The van der Waals surface area contributed by atoms with Crippen molar-refractivity contribution in [3.8, 4) is 5.88 Å². The van der Waals surface area contributed by atoms with E-state index < -0.39 is 0 Å². The fourth-order valence-corrected chi connectivity index (χ4v) is 3.90. The number of hydrogen-bond donors (Lipinski definition) is 2. The number of carbonyl (C=O) groups excluding carboxylic acids is 1. The van der Waals surface area contributed by atoms with Gasteiger partial charge in [0.25, 0.3) is 0 Å². The number of nitrogens with one attached hydrogen (secondary N) is 2. The molecule has 148 valence electrons. The van der Waals surface area contributed by atoms with E-state index in [0.29, 0.717) is 24.9 Å². The van der Waals surface area contributed by atoms with Crippen LogP contribution in [-0.2, 0) is 11.3 Å². The first kappa shape index (κ1) is 19.5. The zero-order chi connectivity index (χ0) is 19.1. The summed E-state index contributed by atoms with van der Waals surface area (Å²) in [7, 11) is 1.76. The number of amides is 1. The highest BCUT2D eigenvalue weighted by atomic mass is 16.5. The highest BCUT2D eigenvalue weighted by molar-refractivity contribution is 5.81. The smallest absolute Gasteiger partial charge is 0.225 e. The van der Waals surface area contributed by atoms with Crippen molar-refractivity contribution in [1.82, 2.24) is 20.5 Å². The second kappa shape index (κ2) is 9.58. The quantitative estimate of drug-likeness (QED) is 0.588. The largest absolute Gasteiger partial charge is 0.478 e. The molecule has 0 radical (unpaired) electrons. The average Bonchev–Trinajstić information content (AvgIpc) is 3.38. The van der Waals surface area contributed by atoms with Crippen LogP contribution in [-0.4, -0.2) is 54.5 Å². The molecule has 1 aliphatic carbocycles. The molecule has 0 bridgehead atoms. The van der Waals surface area contributed by atoms with Crippen molar-refractivity contribution < 1.29 is 9.53 Å². The van der Waals surface area contributed by atoms with E-state index in [9.17, 15) is 4.79 Å². The van der Waals surface area contributed by atoms with Crippen LogP contribution in [0.15, 0.2) is 23.3 Å². The molecule has 3 rings (SSSR count). The lowest BCUT2D eigenvalue weighted by molar-refractivity contribution is -0.134. The molecule has 1 unspecified atom stereocenters. The molecular weight excluding hydrogens is 342 g/mol. The van der Waals surface area contributed by atoms with Crippen LogP contribution in [0.4, 0.5) is 0 Å². The van der Waals surface area contributed by atoms with Crippen molar-refractivity contribution in [2.45, 2.75) is 51.6 Å². The standard InChI is InChI=1S/C20H31N5O2/c1-3-27-18-16(9-6-11-22-18)13-23-20(21-2)24-17-10-12-25(14-17)19(26)15-7-4-5-8-15/h6,9,11,15,17H,3-5,7-8,10,12-14H2,1-2H3,(H2,21,23,24). The lowest BCUT2D eigenvalue weighted by atomic mass is 10.1. The Kier molecular flexibility index (Phi) is 6.90. The molecular formula is C20H31N5O2. The molecule has 1 aliphatic heterocycles. The summed E-state index contributed by atoms with van der Waals surface area (Å²) in [6.45, 7) is 4.71. The third kappa shape index (κ3) is 5.11. The summed E-state index contributed by atoms with van der Waals surface area (Å²) in [6, 6.07) is 4.14. The topological polar surface area (TPSA) is 78.8 Å². The summed E-state index contributed by atoms with van der Waals surface area (Å²) in [5.41, 5.74) is 0.992. The minimum absolute atomic E-state index is 0.238. The van der Waals surface area contributed by atoms with Gasteiger partial charge in [-0.05, 0) is 32.3 Å². The first-order chi connectivity index (χ1) is 13.2. The number of guanidine groups is 1. The summed E-state index contributed by atoms with van der Waals surface area (Å²) in [6.07, 6.45) is 7.20. The monoisotopic (exact) mass is 373 g/mol. The van der Waals surface area contributed by atoms with Crippen molar-refractivity contribution in [2.24, 2.45) is 10.9 Å². The number of hydrogen-bond acceptors (Lipinski definition) is 4. The number of pyridine rings is 1. The highest BCUT2D eigenvalue weighted by Gasteiger charge is 2.32. The number of ether oxygens (including phenoxy) is 1. The molecule has 0 aromatic carbocycles. The maximum absolute atomic E-state index is 12.6. The lowest BCUT2D eigenvalue weighted by Gasteiger charge is -2.21. The van der Waals surface area contributed by atoms with Gasteiger partial charge in [0.05, 0.1) is 6.61 Å². The molecule has 27 heavy (non-hydrogen) atoms. The first-order valence-electron chi connectivity index (χ1n) is 10.0. The molecule has 2 N–H and O–H groups in total. The van der Waals surface area contributed by atoms with E-state index in [1.165, 1.54) is 12.8 Å². The maximum atomic E-state index is 12.6. The van der Waals surface area contributed by atoms with Gasteiger partial charge in [0.15, 0.2) is 5.96 Å². The molecule has 2 aliphatic rings. The van der Waals surface area contributed by atoms with Crippen LogP contribution < -0.4 is 15.4 Å². The molecule has 0 spiro atoms. The summed E-state index contributed by atoms with van der Waals surface area (Å²) in [4.78, 5) is 23.2. The Balaban J connectivity index is 1.49. The van der Waals surface area contributed by atoms with Gasteiger partial charge in [-0.25, -0.2) is 4.98 Å². The van der Waals surface area contributed by atoms with E-state index in [1.807, 2.05) is 24.0 Å². The molecule has 1 saturated carbocycles. The fraction of sp³-hybridized carbons (Fsp3) is 0.650. The number of rotatable bonds is 6. The molecule has 2 fully saturated rings. The predicted molar refractivity (Wildman–Crippen MR) is 106 cm³/mol. The van der Waals surface area contributed by atoms with Crippen LogP contribution in [0.2, 0.25) is 0 Å². The van der Waals surface area contributed by atoms with Gasteiger partial charge >= 0.3 is 0 Å². The second-order valence-corrected chi connectivity index (χ2v) is 7.22. The van der Waals surface area contributed by atoms with Gasteiger partial charge in [0, 0.05) is 50.4 Å². The number of aliphatic imine (C=N–C) groups is 1. The first-order valence-corrected chi connectivity index (χ1v) is 10.0. The third-order valence-electron chi connectivity index (χ3n) is 5.35. The van der Waals surface area contributed by atoms with Crippen molar-refractivity contribution in [1.29, 1.82) is 0 Å². The summed E-state index contributed by atoms with van der Waals surface area (Å²) in [5, 5.41) is 6.77. The van der Waals surface area contributed by atoms with Gasteiger partial charge in [-0.1, -0.05) is 18.9 Å². The van der Waals surface area contributed by atoms with E-state index >= 15 is 0 Å². The van der Waals surface area contributed by atoms with Gasteiger partial charge < -0.3 is 20.3 Å². The molecule has 1 atom stereocenters. The molecule has 7 nitrogen and oxygen atoms in total. The number of likely N-dealkylation sites (tertiary alicyclic amines) is 1. The average molecular weight is 374 g/mol. The molecule has 2 heterocycles. The van der Waals surface area contributed by atoms with Crippen molar-refractivity contribution in [3.05, 3.63) is 23.9 Å². The van der Waals surface area contributed by atoms with E-state index in [0.717, 1.165) is 43.9 Å². The van der Waals surface area contributed by atoms with Crippen LogP contribution in [0.5, 0.6) is 5.88 Å². The zero-order valence-corrected chi connectivity index (χ0v) is 16.4. The van der Waals surface area contributed by atoms with Gasteiger partial charge in [-0.2, -0.15) is 0 Å². The van der Waals surface area contributed by atoms with E-state index in [4.69, 9.17) is 4.74 Å². The van der Waals surface area contributed by atoms with Crippen LogP contribution in [0, 0.1) is 5.92 Å². The van der Waals surface area contributed by atoms with E-state index in [2.05, 4.69) is 20.6 Å². The Hall–Kier alpha value is -2.31. The van der Waals surface area contributed by atoms with Crippen molar-refractivity contribution in [2.75, 3.05) is 26.7 Å². The lowest BCUT2D eigenvalue weighted by Crippen LogP contribution is -2.45. The number of carbonyl (C=O) groups is 1. The normalized spacial score (nSPS) is 20.7. The van der Waals surface area contributed by atoms with Gasteiger partial charge in [0.1, 0.15) is 0 Å². The van der Waals surface area contributed by atoms with Crippen molar-refractivity contribution >= 4 is 11.9 Å². The van der Waals surface area contributed by atoms with Crippen LogP contribution in [0.3, 0.4) is 0 Å². The van der Waals surface area contributed by atoms with Crippen LogP contribution >= 0.6 is 0 Å². The Bertz CT molecular complexity index is 658. The van der Waals surface area contributed by atoms with Crippen LogP contribution in [0.25, 0.3) is 0 Å². The number of nitrogens with zero attached hydrogens (tertiary/aromatic N) is 3. The van der Waals surface area contributed by atoms with Gasteiger partial charge in [-0.15, -0.1) is 0 Å². The third-order valence-corrected chi connectivity index (χ3v) is 5.35. The molecule has 1 amide bonds. The molecule has 1 aromatic heterocycles. The Morgan fingerprint density at radius 1 is 1.37 bits per heavy atom. The zero-order valence-electron chi connectivity index (χ0n) is 16.4. The second-order valence-electron chi connectivity index (χ2n) is 7.22. The minimum atomic E-state index is 0.238. The number of aromatic nitrogens is 1. The fourth-order valence-electron chi connectivity index (χ4n) is 3.90. The van der Waals surface area contributed by atoms with Gasteiger partial charge in [0.2, 0.25) is 11.8 Å². The summed E-state index contributed by atoms with van der Waals surface area (Å²) >= 11 is 0. The molecule has 7 heteroatoms. The SMILES string of the molecule is CCOc1ncccc1CNC(=NC)NC1CCN(C(=O)C2CCCC2)C1. The Morgan fingerprint density at radius 2 is 2.19 bits per heavy atom. The summed E-state index contributed by atoms with van der Waals surface area (Å²) < 4.78 is 5.57. The molecule has 1 aromatic rings. The maximum Gasteiger partial charge on any atom is 0.225 e. The van der Waals surface area contributed by atoms with E-state index in [-0.39, 0.29) is 12.0 Å². The minimum Gasteiger partial charge on any atom is -0.478 e. The predicted octanol–water partition coefficient (Wildman–Crippen LogP) is 1.94. The van der Waals surface area contributed by atoms with Crippen molar-refractivity contribution in [3.63, 3.8) is 0 Å². The van der Waals surface area contributed by atoms with E-state index in [1.54, 1.807) is 13.2 Å². The van der Waals surface area contributed by atoms with Gasteiger partial charge in [-0.3, -0.25) is 9.79 Å². The summed E-state index contributed by atoms with van der Waals surface area (Å²) in [5.74, 6) is 1.99. The highest BCUT2D eigenvalue weighted by Crippen LogP contribution is 2.27.